The van der Waals surface area contributed by atoms with Gasteiger partial charge in [0.25, 0.3) is 0 Å². The summed E-state index contributed by atoms with van der Waals surface area (Å²) < 4.78 is 0. The lowest BCUT2D eigenvalue weighted by Crippen LogP contribution is -2.22. The molecule has 1 aromatic heterocycles. The van der Waals surface area contributed by atoms with Gasteiger partial charge in [0, 0.05) is 41.1 Å². The van der Waals surface area contributed by atoms with Crippen LogP contribution in [-0.2, 0) is 11.3 Å². The SMILES string of the molecule is C/C(=C(\CCO)SC(=N)C(c1ccccc1)c1ccccc1)N(C=O)Cc1cnc(C)nc1C. The van der Waals surface area contributed by atoms with Gasteiger partial charge in [-0.25, -0.2) is 9.97 Å². The summed E-state index contributed by atoms with van der Waals surface area (Å²) in [6.45, 7) is 5.83. The van der Waals surface area contributed by atoms with Crippen molar-refractivity contribution >= 4 is 23.2 Å². The molecule has 3 rings (SSSR count). The molecule has 0 saturated heterocycles. The average Bonchev–Trinajstić information content (AvgIpc) is 2.84. The maximum Gasteiger partial charge on any atom is 0.214 e. The molecule has 2 N–H and O–H groups in total. The molecule has 0 aliphatic carbocycles. The van der Waals surface area contributed by atoms with Crippen LogP contribution < -0.4 is 0 Å². The number of benzene rings is 2. The smallest absolute Gasteiger partial charge is 0.214 e. The number of hydrogen-bond acceptors (Lipinski definition) is 6. The van der Waals surface area contributed by atoms with Gasteiger partial charge in [-0.15, -0.1) is 0 Å². The highest BCUT2D eigenvalue weighted by molar-refractivity contribution is 8.17. The molecular weight excluding hydrogens is 444 g/mol. The van der Waals surface area contributed by atoms with E-state index in [1.807, 2.05) is 81.4 Å². The molecule has 7 heteroatoms. The summed E-state index contributed by atoms with van der Waals surface area (Å²) in [5.41, 5.74) is 4.42. The maximum absolute atomic E-state index is 12.0. The van der Waals surface area contributed by atoms with Crippen molar-refractivity contribution in [2.45, 2.75) is 39.7 Å². The molecule has 0 spiro atoms. The molecular formula is C27H30N4O2S. The number of hydrogen-bond donors (Lipinski definition) is 2. The summed E-state index contributed by atoms with van der Waals surface area (Å²) in [5, 5.41) is 19.2. The van der Waals surface area contributed by atoms with Gasteiger partial charge in [-0.2, -0.15) is 0 Å². The van der Waals surface area contributed by atoms with Crippen LogP contribution in [0.4, 0.5) is 0 Å². The molecule has 34 heavy (non-hydrogen) atoms. The molecule has 0 radical (unpaired) electrons. The first kappa shape index (κ1) is 25.3. The molecule has 0 aliphatic heterocycles. The highest BCUT2D eigenvalue weighted by atomic mass is 32.2. The van der Waals surface area contributed by atoms with Gasteiger partial charge < -0.3 is 10.0 Å². The largest absolute Gasteiger partial charge is 0.396 e. The van der Waals surface area contributed by atoms with Gasteiger partial charge in [-0.05, 0) is 31.9 Å². The number of aliphatic hydroxyl groups is 1. The Balaban J connectivity index is 1.92. The molecule has 1 heterocycles. The zero-order valence-electron chi connectivity index (χ0n) is 19.7. The van der Waals surface area contributed by atoms with E-state index in [-0.39, 0.29) is 12.5 Å². The lowest BCUT2D eigenvalue weighted by atomic mass is 9.92. The van der Waals surface area contributed by atoms with Crippen LogP contribution in [0.1, 0.15) is 47.5 Å². The summed E-state index contributed by atoms with van der Waals surface area (Å²) in [6.07, 6.45) is 2.87. The van der Waals surface area contributed by atoms with Crippen LogP contribution in [-0.4, -0.2) is 38.0 Å². The van der Waals surface area contributed by atoms with E-state index in [1.54, 1.807) is 11.1 Å². The second-order valence-corrected chi connectivity index (χ2v) is 9.10. The maximum atomic E-state index is 12.0. The molecule has 176 valence electrons. The van der Waals surface area contributed by atoms with E-state index >= 15 is 0 Å². The van der Waals surface area contributed by atoms with Crippen LogP contribution in [0.2, 0.25) is 0 Å². The third-order valence-electron chi connectivity index (χ3n) is 5.60. The van der Waals surface area contributed by atoms with E-state index in [4.69, 9.17) is 5.41 Å². The second kappa shape index (κ2) is 12.3. The molecule has 0 unspecified atom stereocenters. The van der Waals surface area contributed by atoms with Gasteiger partial charge in [-0.1, -0.05) is 72.4 Å². The molecule has 0 fully saturated rings. The van der Waals surface area contributed by atoms with Crippen molar-refractivity contribution in [1.82, 2.24) is 14.9 Å². The summed E-state index contributed by atoms with van der Waals surface area (Å²) in [6, 6.07) is 19.9. The Labute approximate surface area is 205 Å². The standard InChI is InChI=1S/C27H30N4O2S/c1-19-24(16-29-21(3)30-19)17-31(18-33)20(2)25(14-15-32)34-27(28)26(22-10-6-4-7-11-22)23-12-8-5-9-13-23/h4-13,16,18,26,28,32H,14-15,17H2,1-3H3/b25-20-,28-27?. The third-order valence-corrected chi connectivity index (χ3v) is 6.81. The van der Waals surface area contributed by atoms with E-state index in [0.717, 1.165) is 33.7 Å². The fourth-order valence-electron chi connectivity index (χ4n) is 3.73. The van der Waals surface area contributed by atoms with Gasteiger partial charge in [-0.3, -0.25) is 10.2 Å². The Kier molecular flexibility index (Phi) is 9.13. The van der Waals surface area contributed by atoms with Crippen molar-refractivity contribution in [3.63, 3.8) is 0 Å². The van der Waals surface area contributed by atoms with E-state index < -0.39 is 0 Å². The van der Waals surface area contributed by atoms with E-state index in [2.05, 4.69) is 9.97 Å². The predicted octanol–water partition coefficient (Wildman–Crippen LogP) is 5.21. The number of rotatable bonds is 10. The van der Waals surface area contributed by atoms with Crippen LogP contribution in [0.15, 0.2) is 77.5 Å². The first-order valence-electron chi connectivity index (χ1n) is 11.1. The Bertz CT molecular complexity index is 1110. The lowest BCUT2D eigenvalue weighted by Gasteiger charge is -2.24. The van der Waals surface area contributed by atoms with Crippen LogP contribution in [0.5, 0.6) is 0 Å². The van der Waals surface area contributed by atoms with Crippen molar-refractivity contribution in [2.75, 3.05) is 6.61 Å². The van der Waals surface area contributed by atoms with Crippen LogP contribution in [0, 0.1) is 19.3 Å². The zero-order valence-corrected chi connectivity index (χ0v) is 20.5. The topological polar surface area (TPSA) is 90.2 Å². The number of aryl methyl sites for hydroxylation is 2. The predicted molar refractivity (Wildman–Crippen MR) is 138 cm³/mol. The number of nitrogens with zero attached hydrogens (tertiary/aromatic N) is 3. The molecule has 1 amide bonds. The van der Waals surface area contributed by atoms with Crippen molar-refractivity contribution in [3.05, 3.63) is 106 Å². The number of aromatic nitrogens is 2. The molecule has 6 nitrogen and oxygen atoms in total. The van der Waals surface area contributed by atoms with E-state index in [0.29, 0.717) is 29.5 Å². The molecule has 2 aromatic carbocycles. The van der Waals surface area contributed by atoms with Crippen LogP contribution >= 0.6 is 11.8 Å². The number of allylic oxidation sites excluding steroid dienone is 1. The quantitative estimate of drug-likeness (QED) is 0.239. The van der Waals surface area contributed by atoms with Crippen molar-refractivity contribution in [2.24, 2.45) is 0 Å². The highest BCUT2D eigenvalue weighted by Gasteiger charge is 2.23. The molecule has 0 aliphatic rings. The second-order valence-electron chi connectivity index (χ2n) is 7.96. The molecule has 0 atom stereocenters. The number of amides is 1. The fraction of sp³-hybridized carbons (Fsp3) is 0.259. The minimum absolute atomic E-state index is 0.0757. The minimum Gasteiger partial charge on any atom is -0.396 e. The Hall–Kier alpha value is -3.29. The molecule has 3 aromatic rings. The number of carbonyl (C=O) groups is 1. The number of thioether (sulfide) groups is 1. The summed E-state index contributed by atoms with van der Waals surface area (Å²) >= 11 is 1.31. The number of nitrogens with one attached hydrogen (secondary N) is 1. The van der Waals surface area contributed by atoms with Crippen molar-refractivity contribution < 1.29 is 9.90 Å². The average molecular weight is 475 g/mol. The van der Waals surface area contributed by atoms with E-state index in [9.17, 15) is 9.90 Å². The van der Waals surface area contributed by atoms with Crippen molar-refractivity contribution in [3.8, 4) is 0 Å². The Morgan fingerprint density at radius 2 is 1.68 bits per heavy atom. The van der Waals surface area contributed by atoms with Gasteiger partial charge in [0.2, 0.25) is 6.41 Å². The number of aliphatic hydroxyl groups excluding tert-OH is 1. The summed E-state index contributed by atoms with van der Waals surface area (Å²) in [7, 11) is 0. The van der Waals surface area contributed by atoms with Gasteiger partial charge in [0.15, 0.2) is 0 Å². The van der Waals surface area contributed by atoms with Gasteiger partial charge in [0.1, 0.15) is 5.82 Å². The third kappa shape index (κ3) is 6.40. The summed E-state index contributed by atoms with van der Waals surface area (Å²) in [5.74, 6) is 0.440. The zero-order chi connectivity index (χ0) is 24.5. The minimum atomic E-state index is -0.244. The van der Waals surface area contributed by atoms with Crippen LogP contribution in [0.3, 0.4) is 0 Å². The lowest BCUT2D eigenvalue weighted by molar-refractivity contribution is -0.116. The highest BCUT2D eigenvalue weighted by Crippen LogP contribution is 2.36. The number of carbonyl (C=O) groups excluding carboxylic acids is 1. The van der Waals surface area contributed by atoms with E-state index in [1.165, 1.54) is 11.8 Å². The van der Waals surface area contributed by atoms with Crippen molar-refractivity contribution in [1.29, 1.82) is 5.41 Å². The molecule has 0 saturated carbocycles. The van der Waals surface area contributed by atoms with Gasteiger partial charge in [0.05, 0.1) is 17.5 Å². The Morgan fingerprint density at radius 1 is 1.09 bits per heavy atom. The normalized spacial score (nSPS) is 11.8. The first-order valence-corrected chi connectivity index (χ1v) is 11.9. The fourth-order valence-corrected chi connectivity index (χ4v) is 4.84. The molecule has 0 bridgehead atoms. The van der Waals surface area contributed by atoms with Crippen LogP contribution in [0.25, 0.3) is 0 Å². The Morgan fingerprint density at radius 3 is 2.18 bits per heavy atom. The first-order chi connectivity index (χ1) is 16.4. The van der Waals surface area contributed by atoms with Gasteiger partial charge >= 0.3 is 0 Å². The summed E-state index contributed by atoms with van der Waals surface area (Å²) in [4.78, 5) is 23.0. The monoisotopic (exact) mass is 474 g/mol.